The second-order valence-electron chi connectivity index (χ2n) is 5.71. The lowest BCUT2D eigenvalue weighted by Crippen LogP contribution is -2.40. The van der Waals surface area contributed by atoms with Crippen molar-refractivity contribution in [2.45, 2.75) is 32.9 Å². The summed E-state index contributed by atoms with van der Waals surface area (Å²) < 4.78 is 43.3. The molecule has 1 amide bonds. The van der Waals surface area contributed by atoms with Crippen molar-refractivity contribution >= 4 is 17.2 Å². The Morgan fingerprint density at radius 2 is 1.92 bits per heavy atom. The van der Waals surface area contributed by atoms with Gasteiger partial charge < -0.3 is 9.64 Å². The Morgan fingerprint density at radius 1 is 1.23 bits per heavy atom. The summed E-state index contributed by atoms with van der Waals surface area (Å²) in [5, 5.41) is 2.43. The number of amides is 1. The predicted octanol–water partition coefficient (Wildman–Crippen LogP) is 4.55. The number of carbonyl (C=O) groups is 1. The van der Waals surface area contributed by atoms with Gasteiger partial charge in [-0.15, -0.1) is 11.3 Å². The van der Waals surface area contributed by atoms with Crippen LogP contribution in [0.4, 0.5) is 13.2 Å². The van der Waals surface area contributed by atoms with E-state index in [4.69, 9.17) is 4.74 Å². The average Bonchev–Trinajstić information content (AvgIpc) is 3.03. The predicted molar refractivity (Wildman–Crippen MR) is 95.3 cm³/mol. The van der Waals surface area contributed by atoms with E-state index in [0.717, 1.165) is 16.2 Å². The normalized spacial score (nSPS) is 11.4. The molecule has 0 saturated heterocycles. The van der Waals surface area contributed by atoms with Gasteiger partial charge in [0, 0.05) is 17.5 Å². The fraction of sp³-hybridized carbons (Fsp3) is 0.444. The monoisotopic (exact) mass is 386 g/mol. The first kappa shape index (κ1) is 20.2. The van der Waals surface area contributed by atoms with E-state index >= 15 is 0 Å². The first-order valence-electron chi connectivity index (χ1n) is 8.34. The van der Waals surface area contributed by atoms with Gasteiger partial charge in [-0.05, 0) is 37.6 Å². The molecule has 0 saturated carbocycles. The molecule has 0 aliphatic rings. The van der Waals surface area contributed by atoms with Crippen LogP contribution in [-0.2, 0) is 11.2 Å². The molecule has 0 aliphatic heterocycles. The number of rotatable bonds is 8. The van der Waals surface area contributed by atoms with E-state index in [0.29, 0.717) is 23.7 Å². The summed E-state index contributed by atoms with van der Waals surface area (Å²) in [5.41, 5.74) is 1.35. The molecular formula is C18H21F3N2O2S. The van der Waals surface area contributed by atoms with Gasteiger partial charge >= 0.3 is 6.18 Å². The van der Waals surface area contributed by atoms with Gasteiger partial charge in [0.1, 0.15) is 17.3 Å². The van der Waals surface area contributed by atoms with Gasteiger partial charge in [0.25, 0.3) is 0 Å². The first-order chi connectivity index (χ1) is 12.3. The molecule has 0 bridgehead atoms. The van der Waals surface area contributed by atoms with Crippen molar-refractivity contribution in [3.63, 3.8) is 0 Å². The van der Waals surface area contributed by atoms with E-state index in [9.17, 15) is 18.0 Å². The second kappa shape index (κ2) is 9.02. The van der Waals surface area contributed by atoms with Gasteiger partial charge in [0.05, 0.1) is 18.7 Å². The molecule has 2 rings (SSSR count). The summed E-state index contributed by atoms with van der Waals surface area (Å²) in [6.07, 6.45) is -4.07. The van der Waals surface area contributed by atoms with Crippen LogP contribution in [-0.4, -0.2) is 41.7 Å². The van der Waals surface area contributed by atoms with Crippen LogP contribution in [0.2, 0.25) is 0 Å². The Morgan fingerprint density at radius 3 is 2.50 bits per heavy atom. The number of carbonyl (C=O) groups excluding carboxylic acids is 1. The highest BCUT2D eigenvalue weighted by molar-refractivity contribution is 7.13. The lowest BCUT2D eigenvalue weighted by molar-refractivity contribution is -0.160. The highest BCUT2D eigenvalue weighted by atomic mass is 32.1. The molecule has 0 spiro atoms. The lowest BCUT2D eigenvalue weighted by Gasteiger charge is -2.23. The summed E-state index contributed by atoms with van der Waals surface area (Å²) >= 11 is 1.36. The molecule has 0 N–H and O–H groups in total. The van der Waals surface area contributed by atoms with E-state index in [2.05, 4.69) is 4.98 Å². The number of thiazole rings is 1. The standard InChI is InChI=1S/C18H21F3N2O2S/c1-3-9-23(12-18(19,20)21)16(24)10-14-11-26-17(22-14)13-5-7-15(8-6-13)25-4-2/h5-8,11H,3-4,9-10,12H2,1-2H3. The molecule has 0 aliphatic carbocycles. The Hall–Kier alpha value is -2.09. The molecule has 2 aromatic rings. The zero-order valence-electron chi connectivity index (χ0n) is 14.7. The van der Waals surface area contributed by atoms with E-state index in [1.165, 1.54) is 11.3 Å². The summed E-state index contributed by atoms with van der Waals surface area (Å²) in [5.74, 6) is 0.193. The highest BCUT2D eigenvalue weighted by Crippen LogP contribution is 2.26. The van der Waals surface area contributed by atoms with Crippen molar-refractivity contribution < 1.29 is 22.7 Å². The molecule has 8 heteroatoms. The van der Waals surface area contributed by atoms with Gasteiger partial charge in [-0.1, -0.05) is 6.92 Å². The first-order valence-corrected chi connectivity index (χ1v) is 9.22. The largest absolute Gasteiger partial charge is 0.494 e. The molecule has 142 valence electrons. The summed E-state index contributed by atoms with van der Waals surface area (Å²) in [4.78, 5) is 17.4. The van der Waals surface area contributed by atoms with Crippen molar-refractivity contribution in [1.82, 2.24) is 9.88 Å². The topological polar surface area (TPSA) is 42.4 Å². The van der Waals surface area contributed by atoms with Crippen LogP contribution in [0.3, 0.4) is 0 Å². The van der Waals surface area contributed by atoms with Crippen molar-refractivity contribution in [3.05, 3.63) is 35.3 Å². The number of hydrogen-bond acceptors (Lipinski definition) is 4. The Balaban J connectivity index is 2.05. The maximum absolute atomic E-state index is 12.6. The number of alkyl halides is 3. The van der Waals surface area contributed by atoms with Crippen LogP contribution < -0.4 is 4.74 Å². The number of nitrogens with zero attached hydrogens (tertiary/aromatic N) is 2. The highest BCUT2D eigenvalue weighted by Gasteiger charge is 2.32. The lowest BCUT2D eigenvalue weighted by atomic mass is 10.2. The van der Waals surface area contributed by atoms with Crippen LogP contribution >= 0.6 is 11.3 Å². The minimum absolute atomic E-state index is 0.0776. The molecule has 1 aromatic carbocycles. The minimum Gasteiger partial charge on any atom is -0.494 e. The molecular weight excluding hydrogens is 365 g/mol. The fourth-order valence-corrected chi connectivity index (χ4v) is 3.25. The smallest absolute Gasteiger partial charge is 0.406 e. The maximum Gasteiger partial charge on any atom is 0.406 e. The SMILES string of the molecule is CCCN(CC(F)(F)F)C(=O)Cc1csc(-c2ccc(OCC)cc2)n1. The van der Waals surface area contributed by atoms with Crippen LogP contribution in [0.5, 0.6) is 5.75 Å². The van der Waals surface area contributed by atoms with Gasteiger partial charge in [-0.25, -0.2) is 4.98 Å². The summed E-state index contributed by atoms with van der Waals surface area (Å²) in [6.45, 7) is 3.07. The fourth-order valence-electron chi connectivity index (χ4n) is 2.43. The van der Waals surface area contributed by atoms with Crippen molar-refractivity contribution in [2.24, 2.45) is 0 Å². The number of aromatic nitrogens is 1. The van der Waals surface area contributed by atoms with E-state index in [1.54, 1.807) is 12.3 Å². The Labute approximate surface area is 154 Å². The number of hydrogen-bond donors (Lipinski definition) is 0. The Kier molecular flexibility index (Phi) is 7.02. The molecule has 1 aromatic heterocycles. The van der Waals surface area contributed by atoms with Crippen molar-refractivity contribution in [2.75, 3.05) is 19.7 Å². The minimum atomic E-state index is -4.40. The maximum atomic E-state index is 12.6. The number of benzene rings is 1. The number of halogens is 3. The third kappa shape index (κ3) is 6.01. The van der Waals surface area contributed by atoms with E-state index in [-0.39, 0.29) is 13.0 Å². The van der Waals surface area contributed by atoms with Gasteiger partial charge in [0.15, 0.2) is 0 Å². The molecule has 26 heavy (non-hydrogen) atoms. The van der Waals surface area contributed by atoms with Gasteiger partial charge in [-0.3, -0.25) is 4.79 Å². The molecule has 0 unspecified atom stereocenters. The third-order valence-electron chi connectivity index (χ3n) is 3.51. The van der Waals surface area contributed by atoms with Crippen LogP contribution in [0.1, 0.15) is 26.0 Å². The van der Waals surface area contributed by atoms with Crippen LogP contribution in [0.15, 0.2) is 29.6 Å². The van der Waals surface area contributed by atoms with Crippen molar-refractivity contribution in [3.8, 4) is 16.3 Å². The van der Waals surface area contributed by atoms with Crippen LogP contribution in [0.25, 0.3) is 10.6 Å². The molecule has 1 heterocycles. The summed E-state index contributed by atoms with van der Waals surface area (Å²) in [7, 11) is 0. The molecule has 0 fully saturated rings. The summed E-state index contributed by atoms with van der Waals surface area (Å²) in [6, 6.07) is 7.39. The van der Waals surface area contributed by atoms with Crippen LogP contribution in [0, 0.1) is 0 Å². The van der Waals surface area contributed by atoms with Gasteiger partial charge in [-0.2, -0.15) is 13.2 Å². The third-order valence-corrected chi connectivity index (χ3v) is 4.45. The second-order valence-corrected chi connectivity index (χ2v) is 6.57. The molecule has 4 nitrogen and oxygen atoms in total. The van der Waals surface area contributed by atoms with E-state index < -0.39 is 18.6 Å². The van der Waals surface area contributed by atoms with Gasteiger partial charge in [0.2, 0.25) is 5.91 Å². The molecule has 0 atom stereocenters. The zero-order valence-corrected chi connectivity index (χ0v) is 15.5. The average molecular weight is 386 g/mol. The van der Waals surface area contributed by atoms with Crippen molar-refractivity contribution in [1.29, 1.82) is 0 Å². The molecule has 0 radical (unpaired) electrons. The Bertz CT molecular complexity index is 714. The zero-order chi connectivity index (χ0) is 19.2. The van der Waals surface area contributed by atoms with E-state index in [1.807, 2.05) is 31.2 Å². The quantitative estimate of drug-likeness (QED) is 0.668. The number of ether oxygens (including phenoxy) is 1.